The Morgan fingerprint density at radius 1 is 1.33 bits per heavy atom. The molecule has 0 heterocycles. The summed E-state index contributed by atoms with van der Waals surface area (Å²) >= 11 is 5.76. The number of phenolic OH excluding ortho intramolecular Hbond substituents is 2. The van der Waals surface area contributed by atoms with E-state index in [4.69, 9.17) is 21.8 Å². The molecular weight excluding hydrogens is 176 g/mol. The van der Waals surface area contributed by atoms with Gasteiger partial charge in [0.2, 0.25) is 0 Å². The van der Waals surface area contributed by atoms with Gasteiger partial charge in [-0.15, -0.1) is 11.6 Å². The fraction of sp³-hybridized carbons (Fsp3) is 0.333. The lowest BCUT2D eigenvalue weighted by Crippen LogP contribution is -1.96. The Hall–Kier alpha value is -0.890. The highest BCUT2D eigenvalue weighted by molar-refractivity contribution is 6.20. The number of aromatic hydroxyl groups is 2. The molecule has 1 unspecified atom stereocenters. The first-order valence-electron chi connectivity index (χ1n) is 3.74. The van der Waals surface area contributed by atoms with Crippen molar-refractivity contribution in [2.24, 2.45) is 0 Å². The van der Waals surface area contributed by atoms with Gasteiger partial charge in [-0.05, 0) is 31.0 Å². The predicted octanol–water partition coefficient (Wildman–Crippen LogP) is 2.27. The van der Waals surface area contributed by atoms with Gasteiger partial charge in [-0.1, -0.05) is 6.07 Å². The monoisotopic (exact) mass is 186 g/mol. The summed E-state index contributed by atoms with van der Waals surface area (Å²) in [6.45, 7) is 1.88. The van der Waals surface area contributed by atoms with E-state index in [1.165, 1.54) is 12.1 Å². The van der Waals surface area contributed by atoms with E-state index in [0.29, 0.717) is 6.42 Å². The summed E-state index contributed by atoms with van der Waals surface area (Å²) in [5.41, 5.74) is 0.924. The van der Waals surface area contributed by atoms with E-state index >= 15 is 0 Å². The first-order chi connectivity index (χ1) is 5.59. The smallest absolute Gasteiger partial charge is 0.157 e. The third kappa shape index (κ3) is 2.31. The normalized spacial score (nSPS) is 12.8. The van der Waals surface area contributed by atoms with Gasteiger partial charge < -0.3 is 10.2 Å². The van der Waals surface area contributed by atoms with E-state index < -0.39 is 0 Å². The average molecular weight is 187 g/mol. The van der Waals surface area contributed by atoms with Crippen LogP contribution < -0.4 is 0 Å². The Morgan fingerprint density at radius 2 is 2.00 bits per heavy atom. The van der Waals surface area contributed by atoms with E-state index in [9.17, 15) is 0 Å². The third-order valence-corrected chi connectivity index (χ3v) is 1.71. The second kappa shape index (κ2) is 3.68. The van der Waals surface area contributed by atoms with Crippen LogP contribution in [0.1, 0.15) is 12.5 Å². The quantitative estimate of drug-likeness (QED) is 0.550. The largest absolute Gasteiger partial charge is 0.504 e. The predicted molar refractivity (Wildman–Crippen MR) is 48.8 cm³/mol. The molecule has 12 heavy (non-hydrogen) atoms. The molecule has 1 atom stereocenters. The van der Waals surface area contributed by atoms with Crippen LogP contribution in [0.25, 0.3) is 0 Å². The van der Waals surface area contributed by atoms with Crippen LogP contribution in [0.4, 0.5) is 0 Å². The summed E-state index contributed by atoms with van der Waals surface area (Å²) in [5.74, 6) is -0.189. The standard InChI is InChI=1S/C9H11ClO2/c1-6(10)4-7-2-3-8(11)9(12)5-7/h2-3,5-6,11-12H,4H2,1H3. The average Bonchev–Trinajstić information content (AvgIpc) is 1.96. The highest BCUT2D eigenvalue weighted by Gasteiger charge is 2.02. The molecule has 0 aliphatic heterocycles. The number of hydrogen-bond donors (Lipinski definition) is 2. The Kier molecular flexibility index (Phi) is 2.82. The topological polar surface area (TPSA) is 40.5 Å². The van der Waals surface area contributed by atoms with Crippen LogP contribution in [0, 0.1) is 0 Å². The van der Waals surface area contributed by atoms with E-state index in [1.54, 1.807) is 6.07 Å². The summed E-state index contributed by atoms with van der Waals surface area (Å²) in [7, 11) is 0. The minimum Gasteiger partial charge on any atom is -0.504 e. The van der Waals surface area contributed by atoms with Gasteiger partial charge in [0, 0.05) is 5.38 Å². The summed E-state index contributed by atoms with van der Waals surface area (Å²) < 4.78 is 0. The zero-order valence-electron chi connectivity index (χ0n) is 6.79. The molecule has 0 aromatic heterocycles. The van der Waals surface area contributed by atoms with Crippen molar-refractivity contribution in [3.8, 4) is 11.5 Å². The number of rotatable bonds is 2. The summed E-state index contributed by atoms with van der Waals surface area (Å²) in [6.07, 6.45) is 0.690. The van der Waals surface area contributed by atoms with Crippen molar-refractivity contribution < 1.29 is 10.2 Å². The highest BCUT2D eigenvalue weighted by atomic mass is 35.5. The first-order valence-corrected chi connectivity index (χ1v) is 4.18. The lowest BCUT2D eigenvalue weighted by molar-refractivity contribution is 0.403. The molecule has 0 spiro atoms. The Morgan fingerprint density at radius 3 is 2.50 bits per heavy atom. The van der Waals surface area contributed by atoms with Crippen LogP contribution in [0.3, 0.4) is 0 Å². The van der Waals surface area contributed by atoms with Gasteiger partial charge in [0.15, 0.2) is 11.5 Å². The molecule has 2 nitrogen and oxygen atoms in total. The zero-order chi connectivity index (χ0) is 9.14. The van der Waals surface area contributed by atoms with Crippen molar-refractivity contribution in [1.82, 2.24) is 0 Å². The summed E-state index contributed by atoms with van der Waals surface area (Å²) in [6, 6.07) is 4.73. The molecule has 0 amide bonds. The molecule has 2 N–H and O–H groups in total. The molecule has 66 valence electrons. The zero-order valence-corrected chi connectivity index (χ0v) is 7.54. The number of hydrogen-bond acceptors (Lipinski definition) is 2. The maximum atomic E-state index is 9.12. The molecule has 0 aliphatic carbocycles. The Labute approximate surface area is 76.4 Å². The van der Waals surface area contributed by atoms with Gasteiger partial charge in [0.25, 0.3) is 0 Å². The SMILES string of the molecule is CC(Cl)Cc1ccc(O)c(O)c1. The van der Waals surface area contributed by atoms with Gasteiger partial charge in [0.1, 0.15) is 0 Å². The summed E-state index contributed by atoms with van der Waals surface area (Å²) in [5, 5.41) is 18.2. The van der Waals surface area contributed by atoms with Crippen LogP contribution in [0.15, 0.2) is 18.2 Å². The van der Waals surface area contributed by atoms with Crippen LogP contribution in [0.5, 0.6) is 11.5 Å². The third-order valence-electron chi connectivity index (χ3n) is 1.56. The van der Waals surface area contributed by atoms with Crippen LogP contribution in [-0.4, -0.2) is 15.6 Å². The van der Waals surface area contributed by atoms with E-state index in [-0.39, 0.29) is 16.9 Å². The second-order valence-electron chi connectivity index (χ2n) is 2.81. The van der Waals surface area contributed by atoms with Crippen LogP contribution >= 0.6 is 11.6 Å². The minimum absolute atomic E-state index is 0.0361. The molecule has 0 saturated heterocycles. The number of halogens is 1. The van der Waals surface area contributed by atoms with E-state index in [0.717, 1.165) is 5.56 Å². The molecule has 1 rings (SSSR count). The molecule has 0 aliphatic rings. The highest BCUT2D eigenvalue weighted by Crippen LogP contribution is 2.25. The Balaban J connectivity index is 2.82. The molecule has 0 saturated carbocycles. The fourth-order valence-corrected chi connectivity index (χ4v) is 1.20. The molecular formula is C9H11ClO2. The van der Waals surface area contributed by atoms with Gasteiger partial charge in [-0.2, -0.15) is 0 Å². The fourth-order valence-electron chi connectivity index (χ4n) is 1.02. The summed E-state index contributed by atoms with van der Waals surface area (Å²) in [4.78, 5) is 0. The van der Waals surface area contributed by atoms with Crippen molar-refractivity contribution in [2.45, 2.75) is 18.7 Å². The van der Waals surface area contributed by atoms with Crippen molar-refractivity contribution in [3.63, 3.8) is 0 Å². The van der Waals surface area contributed by atoms with Crippen molar-refractivity contribution in [3.05, 3.63) is 23.8 Å². The number of phenols is 2. The number of alkyl halides is 1. The first kappa shape index (κ1) is 9.20. The molecule has 3 heteroatoms. The molecule has 0 fully saturated rings. The van der Waals surface area contributed by atoms with Gasteiger partial charge in [-0.3, -0.25) is 0 Å². The van der Waals surface area contributed by atoms with Crippen molar-refractivity contribution in [1.29, 1.82) is 0 Å². The molecule has 0 radical (unpaired) electrons. The molecule has 1 aromatic rings. The lowest BCUT2D eigenvalue weighted by atomic mass is 10.1. The second-order valence-corrected chi connectivity index (χ2v) is 3.55. The van der Waals surface area contributed by atoms with Crippen LogP contribution in [0.2, 0.25) is 0 Å². The van der Waals surface area contributed by atoms with E-state index in [2.05, 4.69) is 0 Å². The maximum Gasteiger partial charge on any atom is 0.157 e. The maximum absolute atomic E-state index is 9.12. The number of benzene rings is 1. The molecule has 1 aromatic carbocycles. The van der Waals surface area contributed by atoms with E-state index in [1.807, 2.05) is 6.92 Å². The Bertz CT molecular complexity index is 271. The lowest BCUT2D eigenvalue weighted by Gasteiger charge is -2.04. The van der Waals surface area contributed by atoms with Gasteiger partial charge >= 0.3 is 0 Å². The van der Waals surface area contributed by atoms with Gasteiger partial charge in [-0.25, -0.2) is 0 Å². The molecule has 0 bridgehead atoms. The minimum atomic E-state index is -0.0963. The van der Waals surface area contributed by atoms with Crippen molar-refractivity contribution >= 4 is 11.6 Å². The van der Waals surface area contributed by atoms with Gasteiger partial charge in [0.05, 0.1) is 0 Å². The van der Waals surface area contributed by atoms with Crippen molar-refractivity contribution in [2.75, 3.05) is 0 Å². The van der Waals surface area contributed by atoms with Crippen LogP contribution in [-0.2, 0) is 6.42 Å².